The van der Waals surface area contributed by atoms with E-state index in [-0.39, 0.29) is 35.5 Å². The van der Waals surface area contributed by atoms with Gasteiger partial charge in [-0.15, -0.1) is 0 Å². The maximum absolute atomic E-state index is 5.74. The minimum Gasteiger partial charge on any atom is -1.00 e. The number of rotatable bonds is 3. The van der Waals surface area contributed by atoms with Crippen molar-refractivity contribution in [2.45, 2.75) is 30.6 Å². The minimum atomic E-state index is 0. The zero-order valence-corrected chi connectivity index (χ0v) is 20.5. The van der Waals surface area contributed by atoms with Crippen molar-refractivity contribution in [3.63, 3.8) is 0 Å². The number of thioether (sulfide) groups is 2. The molecule has 0 saturated heterocycles. The maximum atomic E-state index is 5.74. The first-order valence-electron chi connectivity index (χ1n) is 6.50. The third kappa shape index (κ3) is 13.6. The first-order chi connectivity index (χ1) is 11.0. The third-order valence-electron chi connectivity index (χ3n) is 2.10. The van der Waals surface area contributed by atoms with Crippen LogP contribution in [0.15, 0.2) is 22.4 Å². The van der Waals surface area contributed by atoms with Crippen molar-refractivity contribution in [2.75, 3.05) is 12.5 Å². The van der Waals surface area contributed by atoms with E-state index in [4.69, 9.17) is 34.8 Å². The number of aromatic nitrogens is 4. The van der Waals surface area contributed by atoms with Crippen LogP contribution in [-0.2, 0) is 6.42 Å². The van der Waals surface area contributed by atoms with E-state index in [1.54, 1.807) is 13.0 Å². The Morgan fingerprint density at radius 2 is 1.20 bits per heavy atom. The van der Waals surface area contributed by atoms with Crippen LogP contribution in [0.5, 0.6) is 0 Å². The van der Waals surface area contributed by atoms with Gasteiger partial charge in [-0.25, -0.2) is 19.9 Å². The molecule has 0 saturated carbocycles. The topological polar surface area (TPSA) is 51.6 Å². The summed E-state index contributed by atoms with van der Waals surface area (Å²) in [6.45, 7) is 7.04. The van der Waals surface area contributed by atoms with Gasteiger partial charge in [0.15, 0.2) is 10.3 Å². The fourth-order valence-electron chi connectivity index (χ4n) is 1.18. The predicted octanol–water partition coefficient (Wildman–Crippen LogP) is 2.38. The molecule has 0 unspecified atom stereocenters. The Balaban J connectivity index is -0.000000329. The summed E-state index contributed by atoms with van der Waals surface area (Å²) >= 11 is 19.8. The van der Waals surface area contributed by atoms with Gasteiger partial charge in [0, 0.05) is 11.8 Å². The van der Waals surface area contributed by atoms with Crippen molar-refractivity contribution >= 4 is 81.4 Å². The molecule has 0 spiro atoms. The molecule has 11 heteroatoms. The van der Waals surface area contributed by atoms with Crippen LogP contribution in [-0.4, -0.2) is 55.5 Å². The van der Waals surface area contributed by atoms with Crippen molar-refractivity contribution in [2.24, 2.45) is 0 Å². The van der Waals surface area contributed by atoms with Gasteiger partial charge in [-0.1, -0.05) is 65.3 Å². The van der Waals surface area contributed by atoms with Gasteiger partial charge in [0.1, 0.15) is 15.5 Å². The molecule has 0 atom stereocenters. The molecule has 4 nitrogen and oxygen atoms in total. The molecule has 0 bridgehead atoms. The average Bonchev–Trinajstić information content (AvgIpc) is 2.55. The van der Waals surface area contributed by atoms with Crippen LogP contribution >= 0.6 is 58.3 Å². The van der Waals surface area contributed by atoms with E-state index in [1.165, 1.54) is 29.6 Å². The summed E-state index contributed by atoms with van der Waals surface area (Å²) in [5.74, 6) is 0. The van der Waals surface area contributed by atoms with E-state index in [1.807, 2.05) is 19.4 Å². The zero-order valence-electron chi connectivity index (χ0n) is 14.4. The molecule has 2 rings (SSSR count). The SMILES string of the molecule is CCc1cc(Cl)nc(SC)n1.CSc1nc(Cl)cc(Cl)n1.[CH2-]C.[Cl-].[Mg+2]. The zero-order chi connectivity index (χ0) is 17.8. The summed E-state index contributed by atoms with van der Waals surface area (Å²) in [6.07, 6.45) is 4.70. The molecule has 0 aliphatic rings. The molecule has 136 valence electrons. The largest absolute Gasteiger partial charge is 2.00 e. The Bertz CT molecular complexity index is 567. The van der Waals surface area contributed by atoms with Crippen LogP contribution in [0.25, 0.3) is 0 Å². The number of halogens is 4. The van der Waals surface area contributed by atoms with E-state index in [0.29, 0.717) is 20.6 Å². The average molecular weight is 473 g/mol. The van der Waals surface area contributed by atoms with E-state index >= 15 is 0 Å². The van der Waals surface area contributed by atoms with Gasteiger partial charge in [-0.2, -0.15) is 6.92 Å². The first-order valence-corrected chi connectivity index (χ1v) is 10.1. The van der Waals surface area contributed by atoms with Crippen molar-refractivity contribution in [3.05, 3.63) is 40.2 Å². The van der Waals surface area contributed by atoms with Gasteiger partial charge in [-0.05, 0) is 25.0 Å². The molecule has 0 fully saturated rings. The summed E-state index contributed by atoms with van der Waals surface area (Å²) < 4.78 is 0. The number of hydrogen-bond donors (Lipinski definition) is 0. The summed E-state index contributed by atoms with van der Waals surface area (Å²) in [5, 5.41) is 2.63. The van der Waals surface area contributed by atoms with Crippen molar-refractivity contribution in [3.8, 4) is 0 Å². The molecule has 0 aromatic carbocycles. The Hall–Kier alpha value is 0.786. The van der Waals surface area contributed by atoms with Crippen molar-refractivity contribution in [1.82, 2.24) is 19.9 Å². The monoisotopic (exact) mass is 470 g/mol. The maximum Gasteiger partial charge on any atom is 2.00 e. The molecule has 2 aromatic rings. The predicted molar refractivity (Wildman–Crippen MR) is 109 cm³/mol. The summed E-state index contributed by atoms with van der Waals surface area (Å²) in [7, 11) is 0. The second-order valence-corrected chi connectivity index (χ2v) is 6.23. The Morgan fingerprint density at radius 1 is 0.840 bits per heavy atom. The van der Waals surface area contributed by atoms with Crippen molar-refractivity contribution < 1.29 is 12.4 Å². The number of hydrogen-bond acceptors (Lipinski definition) is 6. The quantitative estimate of drug-likeness (QED) is 0.225. The molecule has 0 radical (unpaired) electrons. The van der Waals surface area contributed by atoms with Gasteiger partial charge in [0.2, 0.25) is 0 Å². The van der Waals surface area contributed by atoms with Gasteiger partial charge in [0.05, 0.1) is 0 Å². The molecule has 0 aliphatic heterocycles. The van der Waals surface area contributed by atoms with Crippen LogP contribution in [0.4, 0.5) is 0 Å². The smallest absolute Gasteiger partial charge is 1.00 e. The summed E-state index contributed by atoms with van der Waals surface area (Å²) in [4.78, 5) is 16.0. The van der Waals surface area contributed by atoms with Crippen molar-refractivity contribution in [1.29, 1.82) is 0 Å². The number of aryl methyl sites for hydroxylation is 1. The molecule has 2 heterocycles. The molecule has 25 heavy (non-hydrogen) atoms. The Morgan fingerprint density at radius 3 is 1.56 bits per heavy atom. The normalized spacial score (nSPS) is 8.64. The fraction of sp³-hybridized carbons (Fsp3) is 0.357. The molecule has 0 aliphatic carbocycles. The molecular weight excluding hydrogens is 454 g/mol. The standard InChI is InChI=1S/C7H9ClN2S.C5H4Cl2N2S.C2H5.ClH.Mg/c1-3-5-4-6(8)10-7(9-5)11-2;1-10-5-8-3(6)2-4(7)9-5;1-2;;/h4H,3H2,1-2H3;2H,1H3;1H2,2H3;1H;/q;;-1;;+2/p-1. The van der Waals surface area contributed by atoms with Crippen LogP contribution in [0.1, 0.15) is 19.5 Å². The molecule has 2 aromatic heterocycles. The minimum absolute atomic E-state index is 0. The van der Waals surface area contributed by atoms with E-state index in [2.05, 4.69) is 26.9 Å². The van der Waals surface area contributed by atoms with Gasteiger partial charge in [0.25, 0.3) is 0 Å². The second-order valence-electron chi connectivity index (χ2n) is 3.52. The Labute approximate surface area is 195 Å². The van der Waals surface area contributed by atoms with Gasteiger partial charge < -0.3 is 19.3 Å². The molecular formula is C14H18Cl4MgN4S2. The van der Waals surface area contributed by atoms with E-state index in [0.717, 1.165) is 17.3 Å². The van der Waals surface area contributed by atoms with Crippen LogP contribution < -0.4 is 12.4 Å². The Kier molecular flexibility index (Phi) is 22.2. The molecule has 0 amide bonds. The molecule has 0 N–H and O–H groups in total. The van der Waals surface area contributed by atoms with Crippen LogP contribution in [0.3, 0.4) is 0 Å². The summed E-state index contributed by atoms with van der Waals surface area (Å²) in [6, 6.07) is 3.30. The van der Waals surface area contributed by atoms with Gasteiger partial charge in [-0.3, -0.25) is 0 Å². The fourth-order valence-corrected chi connectivity index (χ4v) is 2.73. The number of nitrogens with zero attached hydrogens (tertiary/aromatic N) is 4. The first kappa shape index (κ1) is 30.5. The van der Waals surface area contributed by atoms with Gasteiger partial charge >= 0.3 is 23.1 Å². The van der Waals surface area contributed by atoms with E-state index < -0.39 is 0 Å². The van der Waals surface area contributed by atoms with Crippen LogP contribution in [0.2, 0.25) is 15.5 Å². The third-order valence-corrected chi connectivity index (χ3v) is 3.77. The second kappa shape index (κ2) is 18.2. The van der Waals surface area contributed by atoms with Crippen LogP contribution in [0, 0.1) is 6.92 Å². The van der Waals surface area contributed by atoms with E-state index in [9.17, 15) is 0 Å². The summed E-state index contributed by atoms with van der Waals surface area (Å²) in [5.41, 5.74) is 0.995.